The number of imidazole rings is 1. The van der Waals surface area contributed by atoms with Gasteiger partial charge in [-0.05, 0) is 12.0 Å². The Hall–Kier alpha value is -3.57. The van der Waals surface area contributed by atoms with Crippen molar-refractivity contribution in [2.24, 2.45) is 5.73 Å². The van der Waals surface area contributed by atoms with Crippen LogP contribution in [0.15, 0.2) is 36.7 Å². The van der Waals surface area contributed by atoms with Crippen LogP contribution in [0.4, 0.5) is 18.0 Å². The number of aliphatic carboxylic acids is 1. The van der Waals surface area contributed by atoms with Crippen molar-refractivity contribution >= 4 is 18.0 Å². The summed E-state index contributed by atoms with van der Waals surface area (Å²) in [6, 6.07) is 8.32. The fourth-order valence-corrected chi connectivity index (χ4v) is 3.10. The van der Waals surface area contributed by atoms with E-state index in [1.165, 1.54) is 4.90 Å². The molecule has 0 saturated heterocycles. The van der Waals surface area contributed by atoms with Crippen LogP contribution in [0.3, 0.4) is 0 Å². The highest BCUT2D eigenvalue weighted by atomic mass is 19.4. The van der Waals surface area contributed by atoms with Crippen molar-refractivity contribution in [2.75, 3.05) is 0 Å². The first kappa shape index (κ1) is 23.7. The molecule has 0 aliphatic carbocycles. The van der Waals surface area contributed by atoms with E-state index in [9.17, 15) is 22.8 Å². The number of carboxylic acid groups (broad SMARTS) is 1. The Balaban J connectivity index is 0.000000423. The predicted molar refractivity (Wildman–Crippen MR) is 100 cm³/mol. The summed E-state index contributed by atoms with van der Waals surface area (Å²) in [6.45, 7) is 2.08. The zero-order chi connectivity index (χ0) is 23.2. The van der Waals surface area contributed by atoms with Gasteiger partial charge < -0.3 is 20.6 Å². The Bertz CT molecular complexity index is 917. The van der Waals surface area contributed by atoms with Crippen LogP contribution in [0.25, 0.3) is 0 Å². The molecule has 0 saturated carbocycles. The molecule has 4 N–H and O–H groups in total. The minimum absolute atomic E-state index is 0.144. The van der Waals surface area contributed by atoms with Gasteiger partial charge in [0.05, 0.1) is 18.1 Å². The van der Waals surface area contributed by atoms with Gasteiger partial charge in [0.1, 0.15) is 12.6 Å². The first-order valence-electron chi connectivity index (χ1n) is 9.16. The number of nitrogens with two attached hydrogens (primary N) is 1. The van der Waals surface area contributed by atoms with Gasteiger partial charge in [0, 0.05) is 12.1 Å². The first-order valence-corrected chi connectivity index (χ1v) is 9.16. The number of H-pyrrole nitrogens is 1. The number of fused-ring (bicyclic) bond motifs is 1. The van der Waals surface area contributed by atoms with Crippen molar-refractivity contribution in [3.8, 4) is 0 Å². The molecular formula is C19H21F3N4O5. The summed E-state index contributed by atoms with van der Waals surface area (Å²) in [6.07, 6.45) is -3.13. The van der Waals surface area contributed by atoms with Gasteiger partial charge in [-0.3, -0.25) is 9.69 Å². The summed E-state index contributed by atoms with van der Waals surface area (Å²) < 4.78 is 37.1. The second-order valence-electron chi connectivity index (χ2n) is 6.56. The van der Waals surface area contributed by atoms with Crippen LogP contribution in [0.1, 0.15) is 36.3 Å². The molecule has 2 atom stereocenters. The van der Waals surface area contributed by atoms with Crippen LogP contribution in [-0.4, -0.2) is 50.2 Å². The Morgan fingerprint density at radius 2 is 1.90 bits per heavy atom. The van der Waals surface area contributed by atoms with Crippen molar-refractivity contribution in [1.82, 2.24) is 14.9 Å². The third-order valence-corrected chi connectivity index (χ3v) is 4.51. The topological polar surface area (TPSA) is 139 Å². The average Bonchev–Trinajstić information content (AvgIpc) is 3.19. The number of carboxylic acids is 1. The molecule has 2 amide bonds. The molecule has 1 aromatic carbocycles. The number of primary amides is 1. The zero-order valence-electron chi connectivity index (χ0n) is 16.4. The van der Waals surface area contributed by atoms with E-state index in [1.807, 2.05) is 37.3 Å². The Kier molecular flexibility index (Phi) is 7.61. The lowest BCUT2D eigenvalue weighted by molar-refractivity contribution is -0.192. The zero-order valence-corrected chi connectivity index (χ0v) is 16.4. The van der Waals surface area contributed by atoms with Crippen LogP contribution in [-0.2, 0) is 27.4 Å². The van der Waals surface area contributed by atoms with E-state index in [2.05, 4.69) is 9.97 Å². The lowest BCUT2D eigenvalue weighted by atomic mass is 9.94. The number of hydrogen-bond donors (Lipinski definition) is 3. The molecule has 1 aromatic heterocycles. The van der Waals surface area contributed by atoms with Crippen molar-refractivity contribution in [1.29, 1.82) is 0 Å². The van der Waals surface area contributed by atoms with Gasteiger partial charge in [0.15, 0.2) is 0 Å². The number of aromatic amines is 1. The molecule has 31 heavy (non-hydrogen) atoms. The van der Waals surface area contributed by atoms with E-state index in [0.717, 1.165) is 17.0 Å². The summed E-state index contributed by atoms with van der Waals surface area (Å²) in [5.74, 6) is -3.31. The van der Waals surface area contributed by atoms with Gasteiger partial charge in [0.25, 0.3) is 0 Å². The van der Waals surface area contributed by atoms with Crippen LogP contribution in [0, 0.1) is 0 Å². The monoisotopic (exact) mass is 442 g/mol. The maximum atomic E-state index is 12.6. The Morgan fingerprint density at radius 1 is 1.29 bits per heavy atom. The fourth-order valence-electron chi connectivity index (χ4n) is 3.10. The van der Waals surface area contributed by atoms with E-state index in [4.69, 9.17) is 20.4 Å². The highest BCUT2D eigenvalue weighted by molar-refractivity contribution is 5.85. The highest BCUT2D eigenvalue weighted by Crippen LogP contribution is 2.34. The first-order chi connectivity index (χ1) is 14.6. The van der Waals surface area contributed by atoms with E-state index in [1.54, 1.807) is 6.33 Å². The van der Waals surface area contributed by atoms with Gasteiger partial charge in [-0.1, -0.05) is 37.3 Å². The van der Waals surface area contributed by atoms with Gasteiger partial charge in [-0.15, -0.1) is 0 Å². The second kappa shape index (κ2) is 9.96. The number of carbonyl (C=O) groups is 3. The number of benzene rings is 1. The summed E-state index contributed by atoms with van der Waals surface area (Å²) in [4.78, 5) is 42.2. The maximum absolute atomic E-state index is 12.6. The molecule has 12 heteroatoms. The van der Waals surface area contributed by atoms with Crippen molar-refractivity contribution in [3.63, 3.8) is 0 Å². The molecule has 0 spiro atoms. The van der Waals surface area contributed by atoms with E-state index in [-0.39, 0.29) is 12.6 Å². The molecular weight excluding hydrogens is 421 g/mol. The van der Waals surface area contributed by atoms with Crippen LogP contribution >= 0.6 is 0 Å². The quantitative estimate of drug-likeness (QED) is 0.665. The molecule has 168 valence electrons. The Labute approximate surface area is 175 Å². The minimum Gasteiger partial charge on any atom is -0.475 e. The molecule has 0 unspecified atom stereocenters. The molecule has 2 aromatic rings. The summed E-state index contributed by atoms with van der Waals surface area (Å²) in [5, 5.41) is 7.12. The molecule has 3 rings (SSSR count). The summed E-state index contributed by atoms with van der Waals surface area (Å²) >= 11 is 0. The standard InChI is InChI=1S/C17H20N4O3.C2HF3O2/c1-2-13-15-12(19-10-20-15)8-14(16(18)22)21(13)17(23)24-9-11-6-4-3-5-7-11;3-2(4,5)1(6)7/h3-7,10,13-14H,2,8-9H2,1H3,(H2,18,22)(H,19,20);(H,6,7)/t13-,14-;/m0./s1. The van der Waals surface area contributed by atoms with Crippen LogP contribution in [0.2, 0.25) is 0 Å². The molecule has 0 bridgehead atoms. The molecule has 0 radical (unpaired) electrons. The lowest BCUT2D eigenvalue weighted by Gasteiger charge is -2.38. The number of amides is 2. The van der Waals surface area contributed by atoms with Gasteiger partial charge >= 0.3 is 18.2 Å². The number of rotatable bonds is 4. The maximum Gasteiger partial charge on any atom is 0.490 e. The number of hydrogen-bond acceptors (Lipinski definition) is 5. The number of ether oxygens (including phenoxy) is 1. The normalized spacial score (nSPS) is 17.7. The third kappa shape index (κ3) is 5.96. The SMILES string of the molecule is CC[C@H]1c2nc[nH]c2C[C@@H](C(N)=O)N1C(=O)OCc1ccccc1.O=C(O)C(F)(F)F. The van der Waals surface area contributed by atoms with Crippen molar-refractivity contribution in [2.45, 2.75) is 44.6 Å². The smallest absolute Gasteiger partial charge is 0.475 e. The van der Waals surface area contributed by atoms with Crippen molar-refractivity contribution in [3.05, 3.63) is 53.6 Å². The number of carbonyl (C=O) groups excluding carboxylic acids is 2. The Morgan fingerprint density at radius 3 is 2.42 bits per heavy atom. The van der Waals surface area contributed by atoms with Gasteiger partial charge in [-0.2, -0.15) is 13.2 Å². The molecule has 1 aliphatic heterocycles. The van der Waals surface area contributed by atoms with E-state index < -0.39 is 30.2 Å². The number of halogens is 3. The number of nitrogens with one attached hydrogen (secondary N) is 1. The fraction of sp³-hybridized carbons (Fsp3) is 0.368. The van der Waals surface area contributed by atoms with E-state index in [0.29, 0.717) is 12.8 Å². The summed E-state index contributed by atoms with van der Waals surface area (Å²) in [7, 11) is 0. The van der Waals surface area contributed by atoms with E-state index >= 15 is 0 Å². The largest absolute Gasteiger partial charge is 0.490 e. The highest BCUT2D eigenvalue weighted by Gasteiger charge is 2.42. The number of alkyl halides is 3. The van der Waals surface area contributed by atoms with Crippen LogP contribution in [0.5, 0.6) is 0 Å². The van der Waals surface area contributed by atoms with Gasteiger partial charge in [0.2, 0.25) is 5.91 Å². The third-order valence-electron chi connectivity index (χ3n) is 4.51. The van der Waals surface area contributed by atoms with Gasteiger partial charge in [-0.25, -0.2) is 14.6 Å². The predicted octanol–water partition coefficient (Wildman–Crippen LogP) is 2.54. The molecule has 2 heterocycles. The number of aromatic nitrogens is 2. The van der Waals surface area contributed by atoms with Crippen LogP contribution < -0.4 is 5.73 Å². The minimum atomic E-state index is -5.08. The van der Waals surface area contributed by atoms with Crippen molar-refractivity contribution < 1.29 is 37.4 Å². The molecule has 1 aliphatic rings. The second-order valence-corrected chi connectivity index (χ2v) is 6.56. The average molecular weight is 442 g/mol. The molecule has 0 fully saturated rings. The summed E-state index contributed by atoms with van der Waals surface area (Å²) in [5.41, 5.74) is 8.02. The lowest BCUT2D eigenvalue weighted by Crippen LogP contribution is -2.53. The number of nitrogens with zero attached hydrogens (tertiary/aromatic N) is 2. The molecule has 9 nitrogen and oxygen atoms in total.